The molecule has 0 aliphatic rings. The van der Waals surface area contributed by atoms with Crippen LogP contribution in [0.15, 0.2) is 51.8 Å². The van der Waals surface area contributed by atoms with Crippen LogP contribution in [0.2, 0.25) is 0 Å². The number of thioether (sulfide) groups is 1. The molecule has 0 bridgehead atoms. The van der Waals surface area contributed by atoms with Gasteiger partial charge in [-0.3, -0.25) is 0 Å². The normalized spacial score (nSPS) is 10.5. The average molecular weight is 315 g/mol. The Hall–Kier alpha value is -0.870. The molecule has 0 N–H and O–H groups in total. The standard InChI is InChI=1S/C13H9BrF2S/c14-11-6-7-12(15)10(13(11)16)8-17-9-4-2-1-3-5-9/h1-7H,8H2. The predicted octanol–water partition coefficient (Wildman–Crippen LogP) is 5.02. The molecule has 0 aromatic heterocycles. The second-order valence-corrected chi connectivity index (χ2v) is 5.33. The highest BCUT2D eigenvalue weighted by molar-refractivity contribution is 9.10. The third-order valence-corrected chi connectivity index (χ3v) is 3.92. The van der Waals surface area contributed by atoms with E-state index in [-0.39, 0.29) is 11.3 Å². The van der Waals surface area contributed by atoms with Crippen molar-refractivity contribution in [2.45, 2.75) is 10.6 Å². The molecule has 0 saturated carbocycles. The molecule has 0 radical (unpaired) electrons. The molecular weight excluding hydrogens is 306 g/mol. The van der Waals surface area contributed by atoms with Crippen molar-refractivity contribution < 1.29 is 8.78 Å². The highest BCUT2D eigenvalue weighted by Gasteiger charge is 2.12. The summed E-state index contributed by atoms with van der Waals surface area (Å²) in [7, 11) is 0. The second kappa shape index (κ2) is 5.65. The van der Waals surface area contributed by atoms with Crippen molar-refractivity contribution in [3.63, 3.8) is 0 Å². The van der Waals surface area contributed by atoms with Gasteiger partial charge in [0.25, 0.3) is 0 Å². The number of hydrogen-bond acceptors (Lipinski definition) is 1. The van der Waals surface area contributed by atoms with Crippen molar-refractivity contribution in [2.24, 2.45) is 0 Å². The molecule has 0 aliphatic heterocycles. The van der Waals surface area contributed by atoms with E-state index < -0.39 is 11.6 Å². The van der Waals surface area contributed by atoms with Crippen LogP contribution in [0.5, 0.6) is 0 Å². The highest BCUT2D eigenvalue weighted by atomic mass is 79.9. The molecule has 2 aromatic carbocycles. The van der Waals surface area contributed by atoms with Gasteiger partial charge in [0.1, 0.15) is 11.6 Å². The number of hydrogen-bond donors (Lipinski definition) is 0. The van der Waals surface area contributed by atoms with Crippen molar-refractivity contribution in [2.75, 3.05) is 0 Å². The first-order valence-corrected chi connectivity index (χ1v) is 6.76. The van der Waals surface area contributed by atoms with Gasteiger partial charge < -0.3 is 0 Å². The first-order chi connectivity index (χ1) is 8.18. The zero-order valence-corrected chi connectivity index (χ0v) is 11.2. The second-order valence-electron chi connectivity index (χ2n) is 3.42. The van der Waals surface area contributed by atoms with Crippen molar-refractivity contribution in [3.8, 4) is 0 Å². The Morgan fingerprint density at radius 1 is 1.00 bits per heavy atom. The van der Waals surface area contributed by atoms with Crippen molar-refractivity contribution >= 4 is 27.7 Å². The lowest BCUT2D eigenvalue weighted by Crippen LogP contribution is -1.94. The lowest BCUT2D eigenvalue weighted by molar-refractivity contribution is 0.562. The molecule has 0 saturated heterocycles. The topological polar surface area (TPSA) is 0 Å². The lowest BCUT2D eigenvalue weighted by atomic mass is 10.2. The Morgan fingerprint density at radius 2 is 1.71 bits per heavy atom. The summed E-state index contributed by atoms with van der Waals surface area (Å²) in [6.07, 6.45) is 0. The van der Waals surface area contributed by atoms with Crippen LogP contribution >= 0.6 is 27.7 Å². The van der Waals surface area contributed by atoms with Crippen molar-refractivity contribution in [1.29, 1.82) is 0 Å². The van der Waals surface area contributed by atoms with Crippen LogP contribution in [0.25, 0.3) is 0 Å². The van der Waals surface area contributed by atoms with Crippen molar-refractivity contribution in [1.82, 2.24) is 0 Å². The Balaban J connectivity index is 2.17. The van der Waals surface area contributed by atoms with Crippen LogP contribution in [-0.4, -0.2) is 0 Å². The minimum Gasteiger partial charge on any atom is -0.207 e. The van der Waals surface area contributed by atoms with E-state index >= 15 is 0 Å². The van der Waals surface area contributed by atoms with E-state index in [0.717, 1.165) is 4.90 Å². The van der Waals surface area contributed by atoms with E-state index in [0.29, 0.717) is 4.47 Å². The number of halogens is 3. The van der Waals surface area contributed by atoms with Crippen molar-refractivity contribution in [3.05, 3.63) is 64.1 Å². The molecular formula is C13H9BrF2S. The monoisotopic (exact) mass is 314 g/mol. The van der Waals surface area contributed by atoms with Gasteiger partial charge in [-0.05, 0) is 40.2 Å². The molecule has 2 aromatic rings. The van der Waals surface area contributed by atoms with E-state index in [1.807, 2.05) is 30.3 Å². The SMILES string of the molecule is Fc1ccc(Br)c(F)c1CSc1ccccc1. The van der Waals surface area contributed by atoms with E-state index in [4.69, 9.17) is 0 Å². The summed E-state index contributed by atoms with van der Waals surface area (Å²) in [5.41, 5.74) is 0.105. The van der Waals surface area contributed by atoms with Gasteiger partial charge in [0.15, 0.2) is 0 Å². The van der Waals surface area contributed by atoms with Gasteiger partial charge in [0.2, 0.25) is 0 Å². The molecule has 0 amide bonds. The van der Waals surface area contributed by atoms with Crippen LogP contribution in [0.3, 0.4) is 0 Å². The quantitative estimate of drug-likeness (QED) is 0.566. The van der Waals surface area contributed by atoms with Crippen LogP contribution in [0.1, 0.15) is 5.56 Å². The van der Waals surface area contributed by atoms with E-state index in [2.05, 4.69) is 15.9 Å². The maximum absolute atomic E-state index is 13.7. The molecule has 17 heavy (non-hydrogen) atoms. The smallest absolute Gasteiger partial charge is 0.144 e. The zero-order chi connectivity index (χ0) is 12.3. The van der Waals surface area contributed by atoms with Crippen LogP contribution in [-0.2, 0) is 5.75 Å². The molecule has 0 aliphatic carbocycles. The molecule has 4 heteroatoms. The van der Waals surface area contributed by atoms with Gasteiger partial charge in [0, 0.05) is 16.2 Å². The summed E-state index contributed by atoms with van der Waals surface area (Å²) in [6, 6.07) is 12.2. The molecule has 0 unspecified atom stereocenters. The average Bonchev–Trinajstić information content (AvgIpc) is 2.35. The molecule has 0 atom stereocenters. The van der Waals surface area contributed by atoms with Crippen LogP contribution in [0, 0.1) is 11.6 Å². The number of benzene rings is 2. The van der Waals surface area contributed by atoms with Gasteiger partial charge in [0.05, 0.1) is 4.47 Å². The maximum atomic E-state index is 13.7. The van der Waals surface area contributed by atoms with E-state index in [9.17, 15) is 8.78 Å². The first kappa shape index (κ1) is 12.6. The largest absolute Gasteiger partial charge is 0.207 e. The van der Waals surface area contributed by atoms with Gasteiger partial charge in [-0.1, -0.05) is 18.2 Å². The summed E-state index contributed by atoms with van der Waals surface area (Å²) < 4.78 is 27.4. The first-order valence-electron chi connectivity index (χ1n) is 4.98. The molecule has 0 heterocycles. The van der Waals surface area contributed by atoms with Gasteiger partial charge in [-0.25, -0.2) is 8.78 Å². The van der Waals surface area contributed by atoms with Gasteiger partial charge in [-0.15, -0.1) is 11.8 Å². The fraction of sp³-hybridized carbons (Fsp3) is 0.0769. The van der Waals surface area contributed by atoms with Crippen LogP contribution in [0.4, 0.5) is 8.78 Å². The summed E-state index contributed by atoms with van der Waals surface area (Å²) >= 11 is 4.47. The Kier molecular flexibility index (Phi) is 4.18. The Morgan fingerprint density at radius 3 is 2.41 bits per heavy atom. The minimum atomic E-state index is -0.520. The van der Waals surface area contributed by atoms with E-state index in [1.165, 1.54) is 23.9 Å². The van der Waals surface area contributed by atoms with E-state index in [1.54, 1.807) is 0 Å². The third kappa shape index (κ3) is 3.07. The molecule has 2 rings (SSSR count). The van der Waals surface area contributed by atoms with Gasteiger partial charge in [-0.2, -0.15) is 0 Å². The fourth-order valence-corrected chi connectivity index (χ4v) is 2.67. The minimum absolute atomic E-state index is 0.105. The third-order valence-electron chi connectivity index (χ3n) is 2.27. The molecule has 0 fully saturated rings. The summed E-state index contributed by atoms with van der Waals surface area (Å²) in [6.45, 7) is 0. The maximum Gasteiger partial charge on any atom is 0.144 e. The molecule has 88 valence electrons. The highest BCUT2D eigenvalue weighted by Crippen LogP contribution is 2.28. The lowest BCUT2D eigenvalue weighted by Gasteiger charge is -2.06. The number of rotatable bonds is 3. The predicted molar refractivity (Wildman–Crippen MR) is 70.1 cm³/mol. The Bertz CT molecular complexity index is 514. The van der Waals surface area contributed by atoms with Crippen LogP contribution < -0.4 is 0 Å². The Labute approximate surface area is 111 Å². The summed E-state index contributed by atoms with van der Waals surface area (Å²) in [5, 5.41) is 0. The van der Waals surface area contributed by atoms with Gasteiger partial charge >= 0.3 is 0 Å². The molecule has 0 spiro atoms. The molecule has 0 nitrogen and oxygen atoms in total. The summed E-state index contributed by atoms with van der Waals surface area (Å²) in [5.74, 6) is -0.747. The summed E-state index contributed by atoms with van der Waals surface area (Å²) in [4.78, 5) is 0.992. The zero-order valence-electron chi connectivity index (χ0n) is 8.79. The fourth-order valence-electron chi connectivity index (χ4n) is 1.37.